The summed E-state index contributed by atoms with van der Waals surface area (Å²) in [5, 5.41) is 31.4. The van der Waals surface area contributed by atoms with Crippen molar-refractivity contribution in [3.05, 3.63) is 114 Å². The van der Waals surface area contributed by atoms with E-state index in [1.54, 1.807) is 36.4 Å². The van der Waals surface area contributed by atoms with Crippen molar-refractivity contribution in [2.75, 3.05) is 0 Å². The zero-order valence-electron chi connectivity index (χ0n) is 19.9. The molecule has 0 fully saturated rings. The van der Waals surface area contributed by atoms with Gasteiger partial charge in [-0.1, -0.05) is 60.7 Å². The predicted octanol–water partition coefficient (Wildman–Crippen LogP) is 4.39. The Morgan fingerprint density at radius 1 is 0.895 bits per heavy atom. The van der Waals surface area contributed by atoms with E-state index in [1.807, 2.05) is 18.2 Å². The Kier molecular flexibility index (Phi) is 8.24. The third-order valence-corrected chi connectivity index (χ3v) is 5.51. The highest BCUT2D eigenvalue weighted by Gasteiger charge is 2.19. The maximum atomic E-state index is 13.8. The van der Waals surface area contributed by atoms with Crippen molar-refractivity contribution in [3.8, 4) is 11.4 Å². The molecule has 2 N–H and O–H groups in total. The summed E-state index contributed by atoms with van der Waals surface area (Å²) in [6, 6.07) is 20.3. The monoisotopic (exact) mass is 516 g/mol. The van der Waals surface area contributed by atoms with Crippen LogP contribution in [0.4, 0.5) is 8.78 Å². The SMILES string of the molecule is O=C(O)CC(=O)CC(O)/C=C/C(=C(c1ccc(F)cc1)c1ccc(F)cc1)n1nnnc1-c1ccccc1. The molecule has 0 saturated carbocycles. The quantitative estimate of drug-likeness (QED) is 0.237. The van der Waals surface area contributed by atoms with E-state index in [0.29, 0.717) is 33.8 Å². The van der Waals surface area contributed by atoms with E-state index in [4.69, 9.17) is 5.11 Å². The van der Waals surface area contributed by atoms with Gasteiger partial charge >= 0.3 is 5.97 Å². The van der Waals surface area contributed by atoms with Crippen molar-refractivity contribution in [1.82, 2.24) is 20.2 Å². The molecule has 1 heterocycles. The molecule has 1 atom stereocenters. The number of hydrogen-bond donors (Lipinski definition) is 2. The number of Topliss-reactive ketones (excluding diaryl/α,β-unsaturated/α-hetero) is 1. The third kappa shape index (κ3) is 6.48. The molecule has 0 spiro atoms. The summed E-state index contributed by atoms with van der Waals surface area (Å²) in [5.74, 6) is -2.50. The number of aliphatic hydroxyl groups is 1. The largest absolute Gasteiger partial charge is 0.481 e. The van der Waals surface area contributed by atoms with Crippen LogP contribution in [0.2, 0.25) is 0 Å². The fourth-order valence-electron chi connectivity index (χ4n) is 3.82. The zero-order chi connectivity index (χ0) is 27.1. The van der Waals surface area contributed by atoms with Crippen molar-refractivity contribution in [1.29, 1.82) is 0 Å². The van der Waals surface area contributed by atoms with Crippen LogP contribution in [0.5, 0.6) is 0 Å². The highest BCUT2D eigenvalue weighted by molar-refractivity contribution is 5.97. The summed E-state index contributed by atoms with van der Waals surface area (Å²) >= 11 is 0. The Balaban J connectivity index is 1.92. The van der Waals surface area contributed by atoms with Gasteiger partial charge in [-0.2, -0.15) is 4.68 Å². The molecule has 3 aromatic carbocycles. The van der Waals surface area contributed by atoms with Crippen LogP contribution in [-0.2, 0) is 9.59 Å². The van der Waals surface area contributed by atoms with E-state index in [9.17, 15) is 23.5 Å². The van der Waals surface area contributed by atoms with Crippen LogP contribution in [0.1, 0.15) is 24.0 Å². The third-order valence-electron chi connectivity index (χ3n) is 5.51. The lowest BCUT2D eigenvalue weighted by atomic mass is 9.95. The number of rotatable bonds is 10. The molecule has 10 heteroatoms. The first-order valence-corrected chi connectivity index (χ1v) is 11.5. The van der Waals surface area contributed by atoms with Crippen molar-refractivity contribution in [2.45, 2.75) is 18.9 Å². The van der Waals surface area contributed by atoms with Gasteiger partial charge in [0.2, 0.25) is 0 Å². The Hall–Kier alpha value is -4.83. The molecule has 0 saturated heterocycles. The Bertz CT molecular complexity index is 1430. The van der Waals surface area contributed by atoms with Gasteiger partial charge in [0.05, 0.1) is 11.8 Å². The molecule has 0 aliphatic heterocycles. The summed E-state index contributed by atoms with van der Waals surface area (Å²) < 4.78 is 29.0. The van der Waals surface area contributed by atoms with E-state index in [0.717, 1.165) is 0 Å². The highest BCUT2D eigenvalue weighted by Crippen LogP contribution is 2.32. The molecule has 0 aliphatic rings. The first-order valence-electron chi connectivity index (χ1n) is 11.5. The lowest BCUT2D eigenvalue weighted by Crippen LogP contribution is -2.14. The minimum Gasteiger partial charge on any atom is -0.481 e. The number of allylic oxidation sites excluding steroid dienone is 2. The van der Waals surface area contributed by atoms with Crippen molar-refractivity contribution in [2.24, 2.45) is 0 Å². The van der Waals surface area contributed by atoms with E-state index in [-0.39, 0.29) is 0 Å². The van der Waals surface area contributed by atoms with Crippen LogP contribution in [0.25, 0.3) is 22.7 Å². The van der Waals surface area contributed by atoms with Gasteiger partial charge in [0.15, 0.2) is 5.82 Å². The normalized spacial score (nSPS) is 11.9. The molecule has 38 heavy (non-hydrogen) atoms. The number of benzene rings is 3. The van der Waals surface area contributed by atoms with Gasteiger partial charge in [-0.05, 0) is 51.9 Å². The lowest BCUT2D eigenvalue weighted by molar-refractivity contribution is -0.140. The maximum Gasteiger partial charge on any atom is 0.310 e. The Morgan fingerprint density at radius 3 is 2.03 bits per heavy atom. The number of carbonyl (C=O) groups excluding carboxylic acids is 1. The molecule has 4 aromatic rings. The predicted molar refractivity (Wildman–Crippen MR) is 135 cm³/mol. The van der Waals surface area contributed by atoms with Crippen molar-refractivity contribution < 1.29 is 28.6 Å². The number of halogens is 2. The topological polar surface area (TPSA) is 118 Å². The van der Waals surface area contributed by atoms with Crippen LogP contribution in [0.15, 0.2) is 91.0 Å². The number of aromatic nitrogens is 4. The smallest absolute Gasteiger partial charge is 0.310 e. The molecule has 8 nitrogen and oxygen atoms in total. The van der Waals surface area contributed by atoms with Gasteiger partial charge < -0.3 is 10.2 Å². The number of carboxylic acids is 1. The number of carboxylic acid groups (broad SMARTS) is 1. The summed E-state index contributed by atoms with van der Waals surface area (Å²) in [5.41, 5.74) is 2.58. The van der Waals surface area contributed by atoms with E-state index < -0.39 is 42.3 Å². The molecule has 1 unspecified atom stereocenters. The summed E-state index contributed by atoms with van der Waals surface area (Å²) in [4.78, 5) is 22.8. The Morgan fingerprint density at radius 2 is 1.47 bits per heavy atom. The number of carbonyl (C=O) groups is 2. The number of aliphatic hydroxyl groups excluding tert-OH is 1. The van der Waals surface area contributed by atoms with E-state index >= 15 is 0 Å². The standard InChI is InChI=1S/C28H22F2N4O4/c29-21-10-6-18(7-11-21)27(19-8-12-22(30)13-9-19)25(15-14-23(35)16-24(36)17-26(37)38)34-28(31-32-33-34)20-4-2-1-3-5-20/h1-15,23,35H,16-17H2,(H,37,38)/b15-14+. The van der Waals surface area contributed by atoms with Gasteiger partial charge in [-0.3, -0.25) is 9.59 Å². The first kappa shape index (κ1) is 26.2. The van der Waals surface area contributed by atoms with Crippen LogP contribution < -0.4 is 0 Å². The second kappa shape index (κ2) is 11.9. The molecular weight excluding hydrogens is 494 g/mol. The minimum absolute atomic E-state index is 0.330. The number of hydrogen-bond acceptors (Lipinski definition) is 6. The summed E-state index contributed by atoms with van der Waals surface area (Å²) in [6.45, 7) is 0. The lowest BCUT2D eigenvalue weighted by Gasteiger charge is -2.16. The van der Waals surface area contributed by atoms with Crippen LogP contribution in [-0.4, -0.2) is 48.3 Å². The molecule has 1 aromatic heterocycles. The van der Waals surface area contributed by atoms with Gasteiger partial charge in [0.25, 0.3) is 0 Å². The van der Waals surface area contributed by atoms with Crippen molar-refractivity contribution >= 4 is 23.0 Å². The van der Waals surface area contributed by atoms with Crippen LogP contribution in [0.3, 0.4) is 0 Å². The molecular formula is C28H22F2N4O4. The highest BCUT2D eigenvalue weighted by atomic mass is 19.1. The maximum absolute atomic E-state index is 13.8. The number of nitrogens with zero attached hydrogens (tertiary/aromatic N) is 4. The Labute approximate surface area is 216 Å². The summed E-state index contributed by atoms with van der Waals surface area (Å²) in [6.07, 6.45) is 0.368. The van der Waals surface area contributed by atoms with Gasteiger partial charge in [0.1, 0.15) is 23.8 Å². The molecule has 0 amide bonds. The van der Waals surface area contributed by atoms with Gasteiger partial charge in [-0.25, -0.2) is 8.78 Å². The molecule has 4 rings (SSSR count). The number of aliphatic carboxylic acids is 1. The van der Waals surface area contributed by atoms with Gasteiger partial charge in [-0.15, -0.1) is 5.10 Å². The van der Waals surface area contributed by atoms with E-state index in [1.165, 1.54) is 41.1 Å². The molecule has 192 valence electrons. The minimum atomic E-state index is -1.31. The second-order valence-electron chi connectivity index (χ2n) is 8.29. The molecule has 0 bridgehead atoms. The second-order valence-corrected chi connectivity index (χ2v) is 8.29. The fraction of sp³-hybridized carbons (Fsp3) is 0.107. The average Bonchev–Trinajstić information content (AvgIpc) is 3.38. The molecule has 0 aliphatic carbocycles. The first-order chi connectivity index (χ1) is 18.3. The van der Waals surface area contributed by atoms with E-state index in [2.05, 4.69) is 15.5 Å². The van der Waals surface area contributed by atoms with Gasteiger partial charge in [0, 0.05) is 17.6 Å². The average molecular weight is 517 g/mol. The summed E-state index contributed by atoms with van der Waals surface area (Å²) in [7, 11) is 0. The van der Waals surface area contributed by atoms with Crippen LogP contribution in [0, 0.1) is 11.6 Å². The molecule has 0 radical (unpaired) electrons. The van der Waals surface area contributed by atoms with Crippen LogP contribution >= 0.6 is 0 Å². The number of ketones is 1. The number of tetrazole rings is 1. The zero-order valence-corrected chi connectivity index (χ0v) is 19.9. The fourth-order valence-corrected chi connectivity index (χ4v) is 3.82. The van der Waals surface area contributed by atoms with Crippen molar-refractivity contribution in [3.63, 3.8) is 0 Å².